The Hall–Kier alpha value is -2.27. The fourth-order valence-corrected chi connectivity index (χ4v) is 3.36. The lowest BCUT2D eigenvalue weighted by Crippen LogP contribution is -2.26. The van der Waals surface area contributed by atoms with E-state index >= 15 is 0 Å². The van der Waals surface area contributed by atoms with Crippen LogP contribution < -0.4 is 5.32 Å². The Morgan fingerprint density at radius 2 is 1.96 bits per heavy atom. The van der Waals surface area contributed by atoms with E-state index in [1.165, 1.54) is 12.1 Å². The van der Waals surface area contributed by atoms with Gasteiger partial charge in [-0.1, -0.05) is 24.3 Å². The van der Waals surface area contributed by atoms with Crippen LogP contribution in [0.5, 0.6) is 0 Å². The number of aryl methyl sites for hydroxylation is 1. The van der Waals surface area contributed by atoms with Gasteiger partial charge in [0.25, 0.3) is 0 Å². The number of fused-ring (bicyclic) bond motifs is 1. The summed E-state index contributed by atoms with van der Waals surface area (Å²) < 4.78 is 14.1. The summed E-state index contributed by atoms with van der Waals surface area (Å²) >= 11 is 1.62. The SMILES string of the molecule is C[C@@H](NC(=O)CCc1nc2ccccc2s1)c1ccc(F)cc1. The Balaban J connectivity index is 1.55. The van der Waals surface area contributed by atoms with Gasteiger partial charge in [0.2, 0.25) is 5.91 Å². The Bertz CT molecular complexity index is 780. The minimum atomic E-state index is -0.275. The third-order valence-electron chi connectivity index (χ3n) is 3.65. The van der Waals surface area contributed by atoms with Crippen molar-refractivity contribution in [2.45, 2.75) is 25.8 Å². The molecule has 1 N–H and O–H groups in total. The fourth-order valence-electron chi connectivity index (χ4n) is 2.40. The number of thiazole rings is 1. The number of halogens is 1. The van der Waals surface area contributed by atoms with Crippen molar-refractivity contribution in [2.75, 3.05) is 0 Å². The molecule has 0 unspecified atom stereocenters. The minimum Gasteiger partial charge on any atom is -0.350 e. The molecule has 1 heterocycles. The number of hydrogen-bond acceptors (Lipinski definition) is 3. The topological polar surface area (TPSA) is 42.0 Å². The van der Waals surface area contributed by atoms with E-state index in [2.05, 4.69) is 10.3 Å². The first kappa shape index (κ1) is 15.6. The molecule has 118 valence electrons. The molecule has 1 amide bonds. The number of carbonyl (C=O) groups excluding carboxylic acids is 1. The summed E-state index contributed by atoms with van der Waals surface area (Å²) in [6.07, 6.45) is 1.02. The van der Waals surface area contributed by atoms with Crippen LogP contribution in [0, 0.1) is 5.82 Å². The quantitative estimate of drug-likeness (QED) is 0.761. The smallest absolute Gasteiger partial charge is 0.220 e. The average Bonchev–Trinajstić information content (AvgIpc) is 2.96. The van der Waals surface area contributed by atoms with Gasteiger partial charge in [0.1, 0.15) is 5.82 Å². The van der Waals surface area contributed by atoms with Crippen LogP contribution in [0.2, 0.25) is 0 Å². The van der Waals surface area contributed by atoms with E-state index in [4.69, 9.17) is 0 Å². The van der Waals surface area contributed by atoms with Crippen LogP contribution in [0.4, 0.5) is 4.39 Å². The van der Waals surface area contributed by atoms with Crippen molar-refractivity contribution in [1.29, 1.82) is 0 Å². The van der Waals surface area contributed by atoms with Crippen molar-refractivity contribution in [3.63, 3.8) is 0 Å². The predicted molar refractivity (Wildman–Crippen MR) is 90.9 cm³/mol. The normalized spacial score (nSPS) is 12.3. The van der Waals surface area contributed by atoms with Gasteiger partial charge < -0.3 is 5.32 Å². The number of aromatic nitrogens is 1. The second kappa shape index (κ2) is 6.87. The number of hydrogen-bond donors (Lipinski definition) is 1. The Morgan fingerprint density at radius 3 is 2.70 bits per heavy atom. The largest absolute Gasteiger partial charge is 0.350 e. The van der Waals surface area contributed by atoms with E-state index in [1.54, 1.807) is 23.5 Å². The van der Waals surface area contributed by atoms with E-state index < -0.39 is 0 Å². The number of amides is 1. The molecule has 0 aliphatic rings. The number of carbonyl (C=O) groups is 1. The highest BCUT2D eigenvalue weighted by atomic mass is 32.1. The van der Waals surface area contributed by atoms with Gasteiger partial charge in [-0.3, -0.25) is 4.79 Å². The molecule has 5 heteroatoms. The van der Waals surface area contributed by atoms with Crippen LogP contribution in [0.15, 0.2) is 48.5 Å². The molecule has 1 aromatic heterocycles. The zero-order chi connectivity index (χ0) is 16.2. The zero-order valence-corrected chi connectivity index (χ0v) is 13.6. The first-order valence-corrected chi connectivity index (χ1v) is 8.33. The lowest BCUT2D eigenvalue weighted by Gasteiger charge is -2.14. The van der Waals surface area contributed by atoms with Crippen LogP contribution in [0.1, 0.15) is 30.0 Å². The third-order valence-corrected chi connectivity index (χ3v) is 4.75. The van der Waals surface area contributed by atoms with Crippen molar-refractivity contribution in [1.82, 2.24) is 10.3 Å². The molecule has 3 rings (SSSR count). The number of nitrogens with one attached hydrogen (secondary N) is 1. The van der Waals surface area contributed by atoms with Crippen LogP contribution in [-0.2, 0) is 11.2 Å². The molecule has 0 aliphatic heterocycles. The highest BCUT2D eigenvalue weighted by molar-refractivity contribution is 7.18. The standard InChI is InChI=1S/C18H17FN2OS/c1-12(13-6-8-14(19)9-7-13)20-17(22)10-11-18-21-15-4-2-3-5-16(15)23-18/h2-9,12H,10-11H2,1H3,(H,20,22)/t12-/m1/s1. The Labute approximate surface area is 138 Å². The van der Waals surface area contributed by atoms with Crippen LogP contribution in [0.25, 0.3) is 10.2 Å². The van der Waals surface area contributed by atoms with Gasteiger partial charge in [-0.2, -0.15) is 0 Å². The van der Waals surface area contributed by atoms with Gasteiger partial charge >= 0.3 is 0 Å². The number of para-hydroxylation sites is 1. The van der Waals surface area contributed by atoms with Gasteiger partial charge in [0, 0.05) is 12.8 Å². The second-order valence-corrected chi connectivity index (χ2v) is 6.53. The van der Waals surface area contributed by atoms with Gasteiger partial charge in [-0.05, 0) is 36.8 Å². The van der Waals surface area contributed by atoms with Crippen LogP contribution >= 0.6 is 11.3 Å². The van der Waals surface area contributed by atoms with Crippen molar-refractivity contribution in [2.24, 2.45) is 0 Å². The number of rotatable bonds is 5. The molecule has 0 fully saturated rings. The summed E-state index contributed by atoms with van der Waals surface area (Å²) in [4.78, 5) is 16.6. The lowest BCUT2D eigenvalue weighted by atomic mass is 10.1. The van der Waals surface area contributed by atoms with Gasteiger partial charge in [-0.25, -0.2) is 9.37 Å². The average molecular weight is 328 g/mol. The van der Waals surface area contributed by atoms with E-state index in [1.807, 2.05) is 31.2 Å². The molecule has 0 aliphatic carbocycles. The van der Waals surface area contributed by atoms with E-state index in [0.29, 0.717) is 12.8 Å². The summed E-state index contributed by atoms with van der Waals surface area (Å²) in [6.45, 7) is 1.89. The maximum Gasteiger partial charge on any atom is 0.220 e. The van der Waals surface area contributed by atoms with Crippen LogP contribution in [-0.4, -0.2) is 10.9 Å². The number of nitrogens with zero attached hydrogens (tertiary/aromatic N) is 1. The second-order valence-electron chi connectivity index (χ2n) is 5.42. The monoisotopic (exact) mass is 328 g/mol. The van der Waals surface area contributed by atoms with E-state index in [9.17, 15) is 9.18 Å². The first-order chi connectivity index (χ1) is 11.1. The summed E-state index contributed by atoms with van der Waals surface area (Å²) in [5.74, 6) is -0.302. The highest BCUT2D eigenvalue weighted by Crippen LogP contribution is 2.22. The predicted octanol–water partition coefficient (Wildman–Crippen LogP) is 4.25. The van der Waals surface area contributed by atoms with Gasteiger partial charge in [-0.15, -0.1) is 11.3 Å². The van der Waals surface area contributed by atoms with Crippen molar-refractivity contribution < 1.29 is 9.18 Å². The molecule has 3 aromatic rings. The maximum atomic E-state index is 12.9. The molecule has 1 atom stereocenters. The summed E-state index contributed by atoms with van der Waals surface area (Å²) in [5, 5.41) is 3.90. The Kier molecular flexibility index (Phi) is 4.67. The molecule has 0 saturated carbocycles. The highest BCUT2D eigenvalue weighted by Gasteiger charge is 2.11. The summed E-state index contributed by atoms with van der Waals surface area (Å²) in [5.41, 5.74) is 1.87. The van der Waals surface area contributed by atoms with E-state index in [-0.39, 0.29) is 17.8 Å². The lowest BCUT2D eigenvalue weighted by molar-refractivity contribution is -0.121. The molecule has 0 radical (unpaired) electrons. The molecule has 2 aromatic carbocycles. The molecule has 3 nitrogen and oxygen atoms in total. The van der Waals surface area contributed by atoms with Crippen molar-refractivity contribution in [3.8, 4) is 0 Å². The molecule has 23 heavy (non-hydrogen) atoms. The fraction of sp³-hybridized carbons (Fsp3) is 0.222. The van der Waals surface area contributed by atoms with E-state index in [0.717, 1.165) is 20.8 Å². The molecule has 0 spiro atoms. The first-order valence-electron chi connectivity index (χ1n) is 7.51. The van der Waals surface area contributed by atoms with Gasteiger partial charge in [0.15, 0.2) is 0 Å². The van der Waals surface area contributed by atoms with Crippen molar-refractivity contribution >= 4 is 27.5 Å². The number of benzene rings is 2. The Morgan fingerprint density at radius 1 is 1.22 bits per heavy atom. The molecular formula is C18H17FN2OS. The summed E-state index contributed by atoms with van der Waals surface area (Å²) in [7, 11) is 0. The van der Waals surface area contributed by atoms with Gasteiger partial charge in [0.05, 0.1) is 21.3 Å². The summed E-state index contributed by atoms with van der Waals surface area (Å²) in [6, 6.07) is 14.0. The zero-order valence-electron chi connectivity index (χ0n) is 12.8. The van der Waals surface area contributed by atoms with Crippen molar-refractivity contribution in [3.05, 3.63) is 64.9 Å². The maximum absolute atomic E-state index is 12.9. The van der Waals surface area contributed by atoms with Crippen LogP contribution in [0.3, 0.4) is 0 Å². The molecule has 0 bridgehead atoms. The molecule has 0 saturated heterocycles. The molecular weight excluding hydrogens is 311 g/mol. The third kappa shape index (κ3) is 3.93. The minimum absolute atomic E-state index is 0.0268.